The lowest BCUT2D eigenvalue weighted by atomic mass is 9.99. The Morgan fingerprint density at radius 2 is 1.89 bits per heavy atom. The molecule has 0 saturated carbocycles. The van der Waals surface area contributed by atoms with E-state index in [4.69, 9.17) is 9.15 Å². The van der Waals surface area contributed by atoms with Gasteiger partial charge in [-0.15, -0.1) is 0 Å². The van der Waals surface area contributed by atoms with Gasteiger partial charge in [0.15, 0.2) is 11.9 Å². The van der Waals surface area contributed by atoms with Crippen molar-refractivity contribution in [3.63, 3.8) is 0 Å². The van der Waals surface area contributed by atoms with Gasteiger partial charge >= 0.3 is 0 Å². The molecule has 0 N–H and O–H groups in total. The van der Waals surface area contributed by atoms with E-state index < -0.39 is 0 Å². The zero-order valence-corrected chi connectivity index (χ0v) is 10.6. The number of carbonyl (C=O) groups excluding carboxylic acids is 1. The Bertz CT molecular complexity index is 637. The maximum absolute atomic E-state index is 12.6. The number of aryl methyl sites for hydroxylation is 1. The fourth-order valence-corrected chi connectivity index (χ4v) is 2.36. The molecule has 0 fully saturated rings. The largest absolute Gasteiger partial charge is 0.482 e. The molecule has 1 atom stereocenters. The van der Waals surface area contributed by atoms with Crippen molar-refractivity contribution in [1.82, 2.24) is 0 Å². The van der Waals surface area contributed by atoms with Crippen LogP contribution in [0.1, 0.15) is 46.0 Å². The molecule has 92 valence electrons. The summed E-state index contributed by atoms with van der Waals surface area (Å²) in [6.45, 7) is 5.68. The summed E-state index contributed by atoms with van der Waals surface area (Å²) < 4.78 is 11.5. The van der Waals surface area contributed by atoms with Gasteiger partial charge in [-0.05, 0) is 32.9 Å². The Kier molecular flexibility index (Phi) is 2.30. The fourth-order valence-electron chi connectivity index (χ4n) is 2.36. The molecule has 18 heavy (non-hydrogen) atoms. The Morgan fingerprint density at radius 3 is 2.67 bits per heavy atom. The number of benzene rings is 1. The highest BCUT2D eigenvalue weighted by molar-refractivity contribution is 6.12. The summed E-state index contributed by atoms with van der Waals surface area (Å²) in [6.07, 6.45) is -0.250. The number of furan rings is 1. The molecule has 0 saturated heterocycles. The van der Waals surface area contributed by atoms with E-state index in [1.165, 1.54) is 0 Å². The standard InChI is InChI=1S/C15H14O3/c1-8-9(2)18-15-10(3)17-12-7-5-4-6-11(12)14(16)13(8)15/h4-7,10H,1-3H3. The summed E-state index contributed by atoms with van der Waals surface area (Å²) in [5.41, 5.74) is 2.17. The van der Waals surface area contributed by atoms with Crippen molar-refractivity contribution in [2.75, 3.05) is 0 Å². The summed E-state index contributed by atoms with van der Waals surface area (Å²) in [5.74, 6) is 2.02. The van der Waals surface area contributed by atoms with E-state index in [-0.39, 0.29) is 11.9 Å². The Balaban J connectivity index is 2.29. The third-order valence-corrected chi connectivity index (χ3v) is 3.44. The monoisotopic (exact) mass is 242 g/mol. The predicted molar refractivity (Wildman–Crippen MR) is 67.1 cm³/mol. The van der Waals surface area contributed by atoms with Gasteiger partial charge in [0, 0.05) is 5.56 Å². The van der Waals surface area contributed by atoms with Crippen LogP contribution in [0.2, 0.25) is 0 Å². The number of hydrogen-bond donors (Lipinski definition) is 0. The Labute approximate surface area is 105 Å². The van der Waals surface area contributed by atoms with Gasteiger partial charge in [-0.2, -0.15) is 0 Å². The molecule has 0 radical (unpaired) electrons. The Morgan fingerprint density at radius 1 is 1.17 bits per heavy atom. The number of hydrogen-bond acceptors (Lipinski definition) is 3. The van der Waals surface area contributed by atoms with Crippen LogP contribution in [-0.2, 0) is 0 Å². The molecule has 1 unspecified atom stereocenters. The van der Waals surface area contributed by atoms with Gasteiger partial charge in [0.05, 0.1) is 11.1 Å². The highest BCUT2D eigenvalue weighted by Gasteiger charge is 2.31. The first-order valence-corrected chi connectivity index (χ1v) is 6.00. The average Bonchev–Trinajstić information content (AvgIpc) is 2.60. The van der Waals surface area contributed by atoms with E-state index in [2.05, 4.69) is 0 Å². The van der Waals surface area contributed by atoms with Crippen LogP contribution in [0.5, 0.6) is 5.75 Å². The van der Waals surface area contributed by atoms with Crippen LogP contribution in [0.4, 0.5) is 0 Å². The lowest BCUT2D eigenvalue weighted by Gasteiger charge is -2.11. The summed E-state index contributed by atoms with van der Waals surface area (Å²) >= 11 is 0. The van der Waals surface area contributed by atoms with E-state index in [1.807, 2.05) is 39.0 Å². The van der Waals surface area contributed by atoms with Crippen molar-refractivity contribution in [2.45, 2.75) is 26.9 Å². The molecule has 3 rings (SSSR count). The normalized spacial score (nSPS) is 17.7. The van der Waals surface area contributed by atoms with Crippen molar-refractivity contribution < 1.29 is 13.9 Å². The number of ketones is 1. The topological polar surface area (TPSA) is 39.4 Å². The van der Waals surface area contributed by atoms with E-state index >= 15 is 0 Å². The smallest absolute Gasteiger partial charge is 0.200 e. The first kappa shape index (κ1) is 11.1. The molecule has 2 heterocycles. The van der Waals surface area contributed by atoms with Crippen LogP contribution in [0.15, 0.2) is 28.7 Å². The number of carbonyl (C=O) groups is 1. The summed E-state index contributed by atoms with van der Waals surface area (Å²) in [5, 5.41) is 0. The van der Waals surface area contributed by atoms with Crippen molar-refractivity contribution in [1.29, 1.82) is 0 Å². The third kappa shape index (κ3) is 1.40. The molecule has 0 spiro atoms. The number of para-hydroxylation sites is 1. The van der Waals surface area contributed by atoms with Gasteiger partial charge in [0.2, 0.25) is 5.78 Å². The van der Waals surface area contributed by atoms with Gasteiger partial charge in [-0.3, -0.25) is 4.79 Å². The highest BCUT2D eigenvalue weighted by Crippen LogP contribution is 2.37. The second-order valence-corrected chi connectivity index (χ2v) is 4.61. The molecule has 3 heteroatoms. The highest BCUT2D eigenvalue weighted by atomic mass is 16.5. The van der Waals surface area contributed by atoms with Crippen molar-refractivity contribution >= 4 is 5.78 Å². The van der Waals surface area contributed by atoms with Crippen molar-refractivity contribution in [3.05, 3.63) is 52.5 Å². The molecular weight excluding hydrogens is 228 g/mol. The minimum Gasteiger partial charge on any atom is -0.482 e. The SMILES string of the molecule is Cc1oc2c(c1C)C(=O)c1ccccc1OC2C. The minimum atomic E-state index is -0.250. The first-order chi connectivity index (χ1) is 8.59. The van der Waals surface area contributed by atoms with Crippen LogP contribution >= 0.6 is 0 Å². The predicted octanol–water partition coefficient (Wildman–Crippen LogP) is 3.58. The molecule has 0 aliphatic carbocycles. The van der Waals surface area contributed by atoms with E-state index in [9.17, 15) is 4.79 Å². The van der Waals surface area contributed by atoms with E-state index in [1.54, 1.807) is 6.07 Å². The Hall–Kier alpha value is -2.03. The zero-order valence-electron chi connectivity index (χ0n) is 10.6. The van der Waals surface area contributed by atoms with E-state index in [0.29, 0.717) is 22.6 Å². The van der Waals surface area contributed by atoms with Gasteiger partial charge in [-0.25, -0.2) is 0 Å². The van der Waals surface area contributed by atoms with Crippen LogP contribution in [0, 0.1) is 13.8 Å². The number of ether oxygens (including phenoxy) is 1. The number of rotatable bonds is 0. The molecule has 0 bridgehead atoms. The molecule has 2 aromatic rings. The van der Waals surface area contributed by atoms with Gasteiger partial charge in [-0.1, -0.05) is 12.1 Å². The average molecular weight is 242 g/mol. The molecular formula is C15H14O3. The van der Waals surface area contributed by atoms with Crippen LogP contribution in [-0.4, -0.2) is 5.78 Å². The summed E-state index contributed by atoms with van der Waals surface area (Å²) in [4.78, 5) is 12.6. The maximum atomic E-state index is 12.6. The minimum absolute atomic E-state index is 0.0145. The fraction of sp³-hybridized carbons (Fsp3) is 0.267. The molecule has 1 aromatic carbocycles. The van der Waals surface area contributed by atoms with Crippen LogP contribution in [0.3, 0.4) is 0 Å². The van der Waals surface area contributed by atoms with Crippen LogP contribution in [0.25, 0.3) is 0 Å². The van der Waals surface area contributed by atoms with Crippen molar-refractivity contribution in [2.24, 2.45) is 0 Å². The molecule has 1 aliphatic heterocycles. The first-order valence-electron chi connectivity index (χ1n) is 6.00. The zero-order chi connectivity index (χ0) is 12.9. The quantitative estimate of drug-likeness (QED) is 0.708. The van der Waals surface area contributed by atoms with Gasteiger partial charge < -0.3 is 9.15 Å². The van der Waals surface area contributed by atoms with Crippen LogP contribution < -0.4 is 4.74 Å². The van der Waals surface area contributed by atoms with Gasteiger partial charge in [0.1, 0.15) is 11.5 Å². The lowest BCUT2D eigenvalue weighted by Crippen LogP contribution is -2.03. The van der Waals surface area contributed by atoms with Crippen molar-refractivity contribution in [3.8, 4) is 5.75 Å². The maximum Gasteiger partial charge on any atom is 0.200 e. The molecule has 1 aliphatic rings. The van der Waals surface area contributed by atoms with Gasteiger partial charge in [0.25, 0.3) is 0 Å². The molecule has 1 aromatic heterocycles. The summed E-state index contributed by atoms with van der Waals surface area (Å²) in [7, 11) is 0. The summed E-state index contributed by atoms with van der Waals surface area (Å²) in [6, 6.07) is 7.32. The number of fused-ring (bicyclic) bond motifs is 2. The molecule has 0 amide bonds. The lowest BCUT2D eigenvalue weighted by molar-refractivity contribution is 0.103. The third-order valence-electron chi connectivity index (χ3n) is 3.44. The second-order valence-electron chi connectivity index (χ2n) is 4.61. The molecule has 3 nitrogen and oxygen atoms in total. The second kappa shape index (κ2) is 3.73. The van der Waals surface area contributed by atoms with E-state index in [0.717, 1.165) is 11.3 Å².